The molecule has 2 fully saturated rings. The highest BCUT2D eigenvalue weighted by atomic mass is 16.5. The van der Waals surface area contributed by atoms with Crippen molar-refractivity contribution in [1.29, 1.82) is 0 Å². The van der Waals surface area contributed by atoms with Crippen molar-refractivity contribution in [2.24, 2.45) is 5.92 Å². The second-order valence-electron chi connectivity index (χ2n) is 4.29. The van der Waals surface area contributed by atoms with Crippen LogP contribution in [0.25, 0.3) is 0 Å². The summed E-state index contributed by atoms with van der Waals surface area (Å²) in [7, 11) is 0. The lowest BCUT2D eigenvalue weighted by atomic mass is 9.97. The smallest absolute Gasteiger partial charge is 0.228 e. The lowest BCUT2D eigenvalue weighted by Crippen LogP contribution is -2.49. The van der Waals surface area contributed by atoms with Gasteiger partial charge in [0.1, 0.15) is 0 Å². The minimum absolute atomic E-state index is 0.119. The molecule has 15 heavy (non-hydrogen) atoms. The van der Waals surface area contributed by atoms with Crippen molar-refractivity contribution in [3.63, 3.8) is 0 Å². The molecule has 0 aromatic heterocycles. The van der Waals surface area contributed by atoms with Crippen LogP contribution in [0.3, 0.4) is 0 Å². The predicted octanol–water partition coefficient (Wildman–Crippen LogP) is 0.233. The van der Waals surface area contributed by atoms with Gasteiger partial charge in [-0.25, -0.2) is 0 Å². The standard InChI is InChI=1S/C11H20N2O2/c1-2-10-9(3-8-15-10)11(14)13-6-4-12-5-7-13/h9-10,12H,2-8H2,1H3. The van der Waals surface area contributed by atoms with Crippen LogP contribution < -0.4 is 5.32 Å². The lowest BCUT2D eigenvalue weighted by Gasteiger charge is -2.30. The SMILES string of the molecule is CCC1OCCC1C(=O)N1CCNCC1. The number of carbonyl (C=O) groups is 1. The van der Waals surface area contributed by atoms with E-state index in [9.17, 15) is 4.79 Å². The summed E-state index contributed by atoms with van der Waals surface area (Å²) < 4.78 is 5.56. The zero-order chi connectivity index (χ0) is 10.7. The first kappa shape index (κ1) is 10.9. The third kappa shape index (κ3) is 2.32. The Hall–Kier alpha value is -0.610. The van der Waals surface area contributed by atoms with Gasteiger partial charge < -0.3 is 15.0 Å². The molecule has 0 radical (unpaired) electrons. The number of carbonyl (C=O) groups excluding carboxylic acids is 1. The predicted molar refractivity (Wildman–Crippen MR) is 57.6 cm³/mol. The second-order valence-corrected chi connectivity index (χ2v) is 4.29. The van der Waals surface area contributed by atoms with Gasteiger partial charge in [-0.1, -0.05) is 6.92 Å². The van der Waals surface area contributed by atoms with Crippen LogP contribution in [0.15, 0.2) is 0 Å². The number of piperazine rings is 1. The molecule has 86 valence electrons. The monoisotopic (exact) mass is 212 g/mol. The van der Waals surface area contributed by atoms with E-state index in [0.717, 1.165) is 45.6 Å². The number of nitrogens with zero attached hydrogens (tertiary/aromatic N) is 1. The number of nitrogens with one attached hydrogen (secondary N) is 1. The van der Waals surface area contributed by atoms with Crippen LogP contribution in [0.1, 0.15) is 19.8 Å². The third-order valence-electron chi connectivity index (χ3n) is 3.36. The third-order valence-corrected chi connectivity index (χ3v) is 3.36. The molecule has 2 aliphatic heterocycles. The van der Waals surface area contributed by atoms with E-state index in [-0.39, 0.29) is 12.0 Å². The molecule has 4 heteroatoms. The maximum atomic E-state index is 12.2. The van der Waals surface area contributed by atoms with Gasteiger partial charge in [0.25, 0.3) is 0 Å². The molecule has 0 aromatic carbocycles. The van der Waals surface area contributed by atoms with Crippen molar-refractivity contribution in [2.75, 3.05) is 32.8 Å². The number of ether oxygens (including phenoxy) is 1. The van der Waals surface area contributed by atoms with Gasteiger partial charge in [0.2, 0.25) is 5.91 Å². The maximum Gasteiger partial charge on any atom is 0.228 e. The van der Waals surface area contributed by atoms with Crippen LogP contribution in [0.2, 0.25) is 0 Å². The fourth-order valence-electron chi connectivity index (χ4n) is 2.45. The number of rotatable bonds is 2. The van der Waals surface area contributed by atoms with Crippen molar-refractivity contribution in [3.05, 3.63) is 0 Å². The normalized spacial score (nSPS) is 31.9. The summed E-state index contributed by atoms with van der Waals surface area (Å²) in [4.78, 5) is 14.2. The molecule has 2 unspecified atom stereocenters. The molecule has 0 aliphatic carbocycles. The van der Waals surface area contributed by atoms with Gasteiger partial charge >= 0.3 is 0 Å². The first-order chi connectivity index (χ1) is 7.33. The van der Waals surface area contributed by atoms with Gasteiger partial charge in [-0.2, -0.15) is 0 Å². The Morgan fingerprint density at radius 2 is 2.20 bits per heavy atom. The fourth-order valence-corrected chi connectivity index (χ4v) is 2.45. The molecule has 0 aromatic rings. The van der Waals surface area contributed by atoms with E-state index in [1.807, 2.05) is 4.90 Å². The van der Waals surface area contributed by atoms with Crippen LogP contribution >= 0.6 is 0 Å². The van der Waals surface area contributed by atoms with Gasteiger partial charge in [0, 0.05) is 32.8 Å². The molecule has 1 amide bonds. The molecule has 1 N–H and O–H groups in total. The van der Waals surface area contributed by atoms with E-state index in [1.54, 1.807) is 0 Å². The molecule has 2 rings (SSSR count). The second kappa shape index (κ2) is 4.94. The maximum absolute atomic E-state index is 12.2. The summed E-state index contributed by atoms with van der Waals surface area (Å²) in [6.45, 7) is 6.40. The Morgan fingerprint density at radius 1 is 1.47 bits per heavy atom. The van der Waals surface area contributed by atoms with Crippen molar-refractivity contribution in [2.45, 2.75) is 25.9 Å². The minimum Gasteiger partial charge on any atom is -0.377 e. The molecule has 2 heterocycles. The summed E-state index contributed by atoms with van der Waals surface area (Å²) in [5.74, 6) is 0.425. The number of amides is 1. The highest BCUT2D eigenvalue weighted by molar-refractivity contribution is 5.79. The minimum atomic E-state index is 0.119. The Labute approximate surface area is 91.0 Å². The van der Waals surface area contributed by atoms with E-state index >= 15 is 0 Å². The van der Waals surface area contributed by atoms with E-state index < -0.39 is 0 Å². The summed E-state index contributed by atoms with van der Waals surface area (Å²) in [6.07, 6.45) is 2.01. The van der Waals surface area contributed by atoms with E-state index in [0.29, 0.717) is 5.91 Å². The van der Waals surface area contributed by atoms with Crippen molar-refractivity contribution >= 4 is 5.91 Å². The van der Waals surface area contributed by atoms with Crippen molar-refractivity contribution < 1.29 is 9.53 Å². The highest BCUT2D eigenvalue weighted by Gasteiger charge is 2.35. The van der Waals surface area contributed by atoms with Gasteiger partial charge in [-0.05, 0) is 12.8 Å². The summed E-state index contributed by atoms with van der Waals surface area (Å²) in [5, 5.41) is 3.26. The van der Waals surface area contributed by atoms with Crippen LogP contribution in [-0.4, -0.2) is 49.7 Å². The first-order valence-corrected chi connectivity index (χ1v) is 5.94. The molecule has 4 nitrogen and oxygen atoms in total. The van der Waals surface area contributed by atoms with Crippen LogP contribution in [0.4, 0.5) is 0 Å². The topological polar surface area (TPSA) is 41.6 Å². The average molecular weight is 212 g/mol. The number of hydrogen-bond acceptors (Lipinski definition) is 3. The molecule has 0 saturated carbocycles. The largest absolute Gasteiger partial charge is 0.377 e. The zero-order valence-electron chi connectivity index (χ0n) is 9.37. The van der Waals surface area contributed by atoms with Crippen LogP contribution in [0.5, 0.6) is 0 Å². The summed E-state index contributed by atoms with van der Waals surface area (Å²) in [5.41, 5.74) is 0. The molecule has 2 aliphatic rings. The van der Waals surface area contributed by atoms with E-state index in [4.69, 9.17) is 4.74 Å². The molecule has 0 spiro atoms. The van der Waals surface area contributed by atoms with Crippen molar-refractivity contribution in [1.82, 2.24) is 10.2 Å². The quantitative estimate of drug-likeness (QED) is 0.712. The number of hydrogen-bond donors (Lipinski definition) is 1. The average Bonchev–Trinajstić information content (AvgIpc) is 2.77. The Bertz CT molecular complexity index is 227. The van der Waals surface area contributed by atoms with Crippen LogP contribution in [-0.2, 0) is 9.53 Å². The molecular weight excluding hydrogens is 192 g/mol. The van der Waals surface area contributed by atoms with Gasteiger partial charge in [0.05, 0.1) is 12.0 Å². The molecule has 0 bridgehead atoms. The fraction of sp³-hybridized carbons (Fsp3) is 0.909. The Balaban J connectivity index is 1.93. The van der Waals surface area contributed by atoms with E-state index in [2.05, 4.69) is 12.2 Å². The highest BCUT2D eigenvalue weighted by Crippen LogP contribution is 2.25. The molecular formula is C11H20N2O2. The molecule has 2 atom stereocenters. The van der Waals surface area contributed by atoms with Gasteiger partial charge in [-0.3, -0.25) is 4.79 Å². The molecule has 2 saturated heterocycles. The summed E-state index contributed by atoms with van der Waals surface area (Å²) >= 11 is 0. The first-order valence-electron chi connectivity index (χ1n) is 5.94. The Morgan fingerprint density at radius 3 is 2.87 bits per heavy atom. The summed E-state index contributed by atoms with van der Waals surface area (Å²) in [6, 6.07) is 0. The van der Waals surface area contributed by atoms with Gasteiger partial charge in [-0.15, -0.1) is 0 Å². The van der Waals surface area contributed by atoms with Crippen LogP contribution in [0, 0.1) is 5.92 Å². The van der Waals surface area contributed by atoms with E-state index in [1.165, 1.54) is 0 Å². The zero-order valence-corrected chi connectivity index (χ0v) is 9.37. The van der Waals surface area contributed by atoms with Crippen molar-refractivity contribution in [3.8, 4) is 0 Å². The van der Waals surface area contributed by atoms with Gasteiger partial charge in [0.15, 0.2) is 0 Å². The Kier molecular flexibility index (Phi) is 3.59. The lowest BCUT2D eigenvalue weighted by molar-refractivity contribution is -0.137.